The molecule has 0 heterocycles. The van der Waals surface area contributed by atoms with E-state index in [0.29, 0.717) is 11.3 Å². The van der Waals surface area contributed by atoms with Crippen LogP contribution >= 0.6 is 45.2 Å². The molecular weight excluding hydrogens is 446 g/mol. The number of nitriles is 1. The molecule has 1 aromatic rings. The molecule has 6 heteroatoms. The van der Waals surface area contributed by atoms with Crippen LogP contribution in [0, 0.1) is 18.5 Å². The van der Waals surface area contributed by atoms with Crippen molar-refractivity contribution < 1.29 is 9.53 Å². The van der Waals surface area contributed by atoms with E-state index in [1.54, 1.807) is 6.07 Å². The third-order valence-corrected chi connectivity index (χ3v) is 3.35. The molecule has 0 saturated heterocycles. The highest BCUT2D eigenvalue weighted by molar-refractivity contribution is 14.1. The van der Waals surface area contributed by atoms with Crippen LogP contribution in [0.25, 0.3) is 6.08 Å². The lowest BCUT2D eigenvalue weighted by Crippen LogP contribution is -2.12. The van der Waals surface area contributed by atoms with Crippen molar-refractivity contribution in [2.45, 2.75) is 0 Å². The molecule has 1 rings (SSSR count). The maximum Gasteiger partial charge on any atom is 0.259 e. The largest absolute Gasteiger partial charge is 0.495 e. The maximum absolute atomic E-state index is 11.0. The molecule has 0 saturated carbocycles. The molecule has 1 amide bonds. The van der Waals surface area contributed by atoms with Gasteiger partial charge in [0.05, 0.1) is 10.7 Å². The Balaban J connectivity index is 3.41. The summed E-state index contributed by atoms with van der Waals surface area (Å²) in [6.07, 6.45) is 1.44. The van der Waals surface area contributed by atoms with Crippen LogP contribution < -0.4 is 10.5 Å². The molecule has 0 bridgehead atoms. The molecule has 0 radical (unpaired) electrons. The number of halogens is 2. The molecule has 0 fully saturated rings. The number of ether oxygens (including phenoxy) is 1. The van der Waals surface area contributed by atoms with E-state index in [1.165, 1.54) is 13.2 Å². The summed E-state index contributed by atoms with van der Waals surface area (Å²) in [5, 5.41) is 8.80. The molecule has 17 heavy (non-hydrogen) atoms. The summed E-state index contributed by atoms with van der Waals surface area (Å²) in [4.78, 5) is 11.0. The number of amides is 1. The predicted octanol–water partition coefficient (Wildman–Crippen LogP) is 2.30. The van der Waals surface area contributed by atoms with Crippen molar-refractivity contribution in [3.8, 4) is 11.8 Å². The lowest BCUT2D eigenvalue weighted by atomic mass is 10.1. The molecule has 0 unspecified atom stereocenters. The van der Waals surface area contributed by atoms with Gasteiger partial charge in [-0.1, -0.05) is 0 Å². The van der Waals surface area contributed by atoms with Crippen LogP contribution in [0.5, 0.6) is 5.75 Å². The SMILES string of the molecule is COc1c(I)cc(I)cc1/C=C(\C#N)C(N)=O. The highest BCUT2D eigenvalue weighted by Crippen LogP contribution is 2.29. The summed E-state index contributed by atoms with van der Waals surface area (Å²) in [5.74, 6) is -0.122. The normalized spacial score (nSPS) is 10.8. The second-order valence-electron chi connectivity index (χ2n) is 3.04. The maximum atomic E-state index is 11.0. The molecular formula is C11H8I2N2O2. The average Bonchev–Trinajstić information content (AvgIpc) is 2.24. The van der Waals surface area contributed by atoms with E-state index in [9.17, 15) is 4.79 Å². The van der Waals surface area contributed by atoms with E-state index in [4.69, 9.17) is 15.7 Å². The number of methoxy groups -OCH3 is 1. The molecule has 0 aliphatic rings. The van der Waals surface area contributed by atoms with E-state index >= 15 is 0 Å². The smallest absolute Gasteiger partial charge is 0.259 e. The van der Waals surface area contributed by atoms with Gasteiger partial charge in [0.25, 0.3) is 5.91 Å². The first kappa shape index (κ1) is 14.2. The second-order valence-corrected chi connectivity index (χ2v) is 5.45. The van der Waals surface area contributed by atoms with Crippen molar-refractivity contribution >= 4 is 57.2 Å². The number of rotatable bonds is 3. The van der Waals surface area contributed by atoms with Crippen molar-refractivity contribution in [2.24, 2.45) is 5.73 Å². The first-order chi connectivity index (χ1) is 7.99. The lowest BCUT2D eigenvalue weighted by molar-refractivity contribution is -0.114. The van der Waals surface area contributed by atoms with E-state index < -0.39 is 5.91 Å². The first-order valence-electron chi connectivity index (χ1n) is 4.44. The number of primary amides is 1. The topological polar surface area (TPSA) is 76.1 Å². The zero-order valence-electron chi connectivity index (χ0n) is 8.83. The molecule has 2 N–H and O–H groups in total. The van der Waals surface area contributed by atoms with Crippen LogP contribution in [0.4, 0.5) is 0 Å². The molecule has 4 nitrogen and oxygen atoms in total. The van der Waals surface area contributed by atoms with Gasteiger partial charge in [0.2, 0.25) is 0 Å². The molecule has 0 aliphatic carbocycles. The quantitative estimate of drug-likeness (QED) is 0.433. The highest BCUT2D eigenvalue weighted by Gasteiger charge is 2.10. The van der Waals surface area contributed by atoms with Crippen molar-refractivity contribution in [3.05, 3.63) is 30.4 Å². The summed E-state index contributed by atoms with van der Waals surface area (Å²) in [7, 11) is 1.54. The third-order valence-electron chi connectivity index (χ3n) is 1.93. The molecule has 0 atom stereocenters. The van der Waals surface area contributed by atoms with Crippen LogP contribution in [-0.2, 0) is 4.79 Å². The number of nitrogens with zero attached hydrogens (tertiary/aromatic N) is 1. The summed E-state index contributed by atoms with van der Waals surface area (Å²) in [6.45, 7) is 0. The Hall–Kier alpha value is -0.820. The van der Waals surface area contributed by atoms with Crippen LogP contribution in [0.1, 0.15) is 5.56 Å². The number of benzene rings is 1. The fourth-order valence-corrected chi connectivity index (χ4v) is 3.33. The fraction of sp³-hybridized carbons (Fsp3) is 0.0909. The Morgan fingerprint density at radius 3 is 2.65 bits per heavy atom. The van der Waals surface area contributed by atoms with Crippen molar-refractivity contribution in [1.82, 2.24) is 0 Å². The van der Waals surface area contributed by atoms with Gasteiger partial charge in [-0.3, -0.25) is 4.79 Å². The van der Waals surface area contributed by atoms with E-state index in [0.717, 1.165) is 7.14 Å². The summed E-state index contributed by atoms with van der Waals surface area (Å²) in [6, 6.07) is 5.53. The van der Waals surface area contributed by atoms with E-state index in [-0.39, 0.29) is 5.57 Å². The van der Waals surface area contributed by atoms with Gasteiger partial charge in [-0.15, -0.1) is 0 Å². The van der Waals surface area contributed by atoms with Gasteiger partial charge in [0, 0.05) is 9.13 Å². The van der Waals surface area contributed by atoms with Crippen molar-refractivity contribution in [3.63, 3.8) is 0 Å². The summed E-state index contributed by atoms with van der Waals surface area (Å²) < 4.78 is 7.13. The number of hydrogen-bond acceptors (Lipinski definition) is 3. The molecule has 1 aromatic carbocycles. The van der Waals surface area contributed by atoms with Crippen LogP contribution in [0.15, 0.2) is 17.7 Å². The van der Waals surface area contributed by atoms with Gasteiger partial charge < -0.3 is 10.5 Å². The Morgan fingerprint density at radius 1 is 1.53 bits per heavy atom. The van der Waals surface area contributed by atoms with Gasteiger partial charge in [-0.25, -0.2) is 0 Å². The molecule has 0 aliphatic heterocycles. The minimum absolute atomic E-state index is 0.0962. The monoisotopic (exact) mass is 454 g/mol. The van der Waals surface area contributed by atoms with Gasteiger partial charge in [-0.05, 0) is 63.4 Å². The summed E-state index contributed by atoms with van der Waals surface area (Å²) in [5.41, 5.74) is 5.66. The van der Waals surface area contributed by atoms with Gasteiger partial charge >= 0.3 is 0 Å². The Morgan fingerprint density at radius 2 is 2.18 bits per heavy atom. The lowest BCUT2D eigenvalue weighted by Gasteiger charge is -2.08. The Labute approximate surface area is 126 Å². The number of nitrogens with two attached hydrogens (primary N) is 1. The highest BCUT2D eigenvalue weighted by atomic mass is 127. The summed E-state index contributed by atoms with van der Waals surface area (Å²) >= 11 is 4.28. The van der Waals surface area contributed by atoms with Crippen LogP contribution in [-0.4, -0.2) is 13.0 Å². The molecule has 88 valence electrons. The van der Waals surface area contributed by atoms with Gasteiger partial charge in [0.1, 0.15) is 17.4 Å². The van der Waals surface area contributed by atoms with E-state index in [1.807, 2.05) is 12.1 Å². The second kappa shape index (κ2) is 6.20. The zero-order chi connectivity index (χ0) is 13.0. The first-order valence-corrected chi connectivity index (χ1v) is 6.60. The van der Waals surface area contributed by atoms with Crippen LogP contribution in [0.2, 0.25) is 0 Å². The standard InChI is InChI=1S/C11H8I2N2O2/c1-17-10-6(2-7(5-14)11(15)16)3-8(12)4-9(10)13/h2-4H,1H3,(H2,15,16)/b7-2+. The minimum atomic E-state index is -0.747. The average molecular weight is 454 g/mol. The Bertz CT molecular complexity index is 533. The van der Waals surface area contributed by atoms with E-state index in [2.05, 4.69) is 45.2 Å². The molecule has 0 spiro atoms. The number of hydrogen-bond donors (Lipinski definition) is 1. The van der Waals surface area contributed by atoms with Crippen molar-refractivity contribution in [1.29, 1.82) is 5.26 Å². The number of carbonyl (C=O) groups is 1. The zero-order valence-corrected chi connectivity index (χ0v) is 13.1. The Kier molecular flexibility index (Phi) is 5.20. The fourth-order valence-electron chi connectivity index (χ4n) is 1.22. The number of carbonyl (C=O) groups excluding carboxylic acids is 1. The van der Waals surface area contributed by atoms with Gasteiger partial charge in [-0.2, -0.15) is 5.26 Å². The van der Waals surface area contributed by atoms with Crippen LogP contribution in [0.3, 0.4) is 0 Å². The third kappa shape index (κ3) is 3.57. The minimum Gasteiger partial charge on any atom is -0.495 e. The molecule has 0 aromatic heterocycles. The predicted molar refractivity (Wildman–Crippen MR) is 81.2 cm³/mol. The van der Waals surface area contributed by atoms with Crippen molar-refractivity contribution in [2.75, 3.05) is 7.11 Å². The van der Waals surface area contributed by atoms with Gasteiger partial charge in [0.15, 0.2) is 0 Å².